The fourth-order valence-electron chi connectivity index (χ4n) is 2.74. The Bertz CT molecular complexity index is 777. The number of aromatic nitrogens is 1. The van der Waals surface area contributed by atoms with Crippen LogP contribution in [0.15, 0.2) is 42.6 Å². The number of carbonyl (C=O) groups excluding carboxylic acids is 2. The van der Waals surface area contributed by atoms with Crippen LogP contribution in [0, 0.1) is 6.92 Å². The summed E-state index contributed by atoms with van der Waals surface area (Å²) in [5, 5.41) is 2.83. The Morgan fingerprint density at radius 2 is 2.16 bits per heavy atom. The van der Waals surface area contributed by atoms with Gasteiger partial charge in [-0.2, -0.15) is 0 Å². The number of anilines is 1. The maximum absolute atomic E-state index is 12.5. The number of nitrogens with one attached hydrogen (secondary N) is 1. The van der Waals surface area contributed by atoms with Crippen molar-refractivity contribution < 1.29 is 14.3 Å². The number of hydrogen-bond donors (Lipinski definition) is 1. The molecule has 25 heavy (non-hydrogen) atoms. The second-order valence-corrected chi connectivity index (χ2v) is 6.07. The Morgan fingerprint density at radius 1 is 1.32 bits per heavy atom. The van der Waals surface area contributed by atoms with Crippen molar-refractivity contribution in [1.82, 2.24) is 10.3 Å². The summed E-state index contributed by atoms with van der Waals surface area (Å²) in [5.74, 6) is 0.425. The van der Waals surface area contributed by atoms with Crippen molar-refractivity contribution in [2.24, 2.45) is 0 Å². The summed E-state index contributed by atoms with van der Waals surface area (Å²) in [6.45, 7) is 4.37. The summed E-state index contributed by atoms with van der Waals surface area (Å²) in [7, 11) is 0. The molecule has 1 aliphatic rings. The maximum Gasteiger partial charge on any atom is 0.267 e. The molecule has 1 unspecified atom stereocenters. The molecule has 0 spiro atoms. The van der Waals surface area contributed by atoms with Crippen molar-refractivity contribution in [3.63, 3.8) is 0 Å². The Labute approximate surface area is 146 Å². The zero-order valence-electron chi connectivity index (χ0n) is 14.4. The zero-order chi connectivity index (χ0) is 17.8. The molecule has 0 aliphatic carbocycles. The van der Waals surface area contributed by atoms with Crippen molar-refractivity contribution in [3.8, 4) is 5.75 Å². The number of fused-ring (bicyclic) bond motifs is 1. The van der Waals surface area contributed by atoms with Gasteiger partial charge in [0.05, 0.1) is 17.9 Å². The molecule has 0 bridgehead atoms. The van der Waals surface area contributed by atoms with Crippen LogP contribution in [0.5, 0.6) is 5.75 Å². The molecule has 130 valence electrons. The molecule has 2 heterocycles. The molecule has 0 radical (unpaired) electrons. The van der Waals surface area contributed by atoms with Gasteiger partial charge in [0.2, 0.25) is 5.91 Å². The van der Waals surface area contributed by atoms with Crippen LogP contribution >= 0.6 is 0 Å². The number of nitrogens with zero attached hydrogens (tertiary/aromatic N) is 2. The molecule has 1 aliphatic heterocycles. The van der Waals surface area contributed by atoms with E-state index in [4.69, 9.17) is 4.74 Å². The van der Waals surface area contributed by atoms with E-state index < -0.39 is 6.10 Å². The van der Waals surface area contributed by atoms with E-state index in [2.05, 4.69) is 10.3 Å². The number of benzene rings is 1. The van der Waals surface area contributed by atoms with Gasteiger partial charge in [-0.1, -0.05) is 12.1 Å². The predicted octanol–water partition coefficient (Wildman–Crippen LogP) is 2.21. The van der Waals surface area contributed by atoms with Crippen molar-refractivity contribution in [1.29, 1.82) is 0 Å². The minimum Gasteiger partial charge on any atom is -0.479 e. The number of rotatable bonds is 5. The third-order valence-electron chi connectivity index (χ3n) is 4.08. The van der Waals surface area contributed by atoms with Crippen LogP contribution in [0.4, 0.5) is 5.69 Å². The number of carbonyl (C=O) groups is 2. The standard InChI is InChI=1S/C19H21N3O3/c1-13-6-7-17-16(11-13)22(19(24)14(2)25-17)10-8-18(23)21-12-15-5-3-4-9-20-15/h3-7,9,11,14H,8,10,12H2,1-2H3,(H,21,23). The van der Waals surface area contributed by atoms with E-state index in [1.165, 1.54) is 0 Å². The summed E-state index contributed by atoms with van der Waals surface area (Å²) in [6, 6.07) is 11.3. The lowest BCUT2D eigenvalue weighted by Gasteiger charge is -2.33. The molecule has 1 atom stereocenters. The van der Waals surface area contributed by atoms with Crippen LogP contribution in [0.2, 0.25) is 0 Å². The normalized spacial score (nSPS) is 16.2. The quantitative estimate of drug-likeness (QED) is 0.907. The SMILES string of the molecule is Cc1ccc2c(c1)N(CCC(=O)NCc1ccccn1)C(=O)C(C)O2. The minimum atomic E-state index is -0.549. The summed E-state index contributed by atoms with van der Waals surface area (Å²) in [4.78, 5) is 30.4. The largest absolute Gasteiger partial charge is 0.479 e. The van der Waals surface area contributed by atoms with E-state index in [-0.39, 0.29) is 18.2 Å². The van der Waals surface area contributed by atoms with Crippen LogP contribution in [-0.4, -0.2) is 29.4 Å². The number of ether oxygens (including phenoxy) is 1. The van der Waals surface area contributed by atoms with Crippen molar-refractivity contribution >= 4 is 17.5 Å². The molecule has 2 amide bonds. The number of aryl methyl sites for hydroxylation is 1. The van der Waals surface area contributed by atoms with Gasteiger partial charge in [0, 0.05) is 19.2 Å². The molecule has 1 N–H and O–H groups in total. The summed E-state index contributed by atoms with van der Waals surface area (Å²) < 4.78 is 5.64. The Kier molecular flexibility index (Phi) is 4.97. The molecule has 0 fully saturated rings. The Hall–Kier alpha value is -2.89. The van der Waals surface area contributed by atoms with Crippen LogP contribution in [0.25, 0.3) is 0 Å². The second kappa shape index (κ2) is 7.34. The van der Waals surface area contributed by atoms with Crippen LogP contribution in [-0.2, 0) is 16.1 Å². The highest BCUT2D eigenvalue weighted by Crippen LogP contribution is 2.34. The highest BCUT2D eigenvalue weighted by atomic mass is 16.5. The van der Waals surface area contributed by atoms with Gasteiger partial charge in [0.25, 0.3) is 5.91 Å². The van der Waals surface area contributed by atoms with Crippen molar-refractivity contribution in [2.45, 2.75) is 32.9 Å². The summed E-state index contributed by atoms with van der Waals surface area (Å²) in [5.41, 5.74) is 2.56. The first-order valence-corrected chi connectivity index (χ1v) is 8.30. The van der Waals surface area contributed by atoms with Gasteiger partial charge in [0.15, 0.2) is 6.10 Å². The predicted molar refractivity (Wildman–Crippen MR) is 94.3 cm³/mol. The van der Waals surface area contributed by atoms with E-state index in [9.17, 15) is 9.59 Å². The van der Waals surface area contributed by atoms with Gasteiger partial charge in [-0.25, -0.2) is 0 Å². The molecular weight excluding hydrogens is 318 g/mol. The van der Waals surface area contributed by atoms with Crippen LogP contribution in [0.3, 0.4) is 0 Å². The van der Waals surface area contributed by atoms with Gasteiger partial charge >= 0.3 is 0 Å². The van der Waals surface area contributed by atoms with E-state index >= 15 is 0 Å². The van der Waals surface area contributed by atoms with E-state index in [1.807, 2.05) is 43.3 Å². The monoisotopic (exact) mass is 339 g/mol. The molecule has 1 aromatic carbocycles. The summed E-state index contributed by atoms with van der Waals surface area (Å²) in [6.07, 6.45) is 1.36. The first kappa shape index (κ1) is 17.0. The molecule has 2 aromatic rings. The van der Waals surface area contributed by atoms with Crippen LogP contribution in [0.1, 0.15) is 24.6 Å². The topological polar surface area (TPSA) is 71.5 Å². The number of hydrogen-bond acceptors (Lipinski definition) is 4. The molecule has 6 nitrogen and oxygen atoms in total. The van der Waals surface area contributed by atoms with E-state index in [1.54, 1.807) is 18.0 Å². The third-order valence-corrected chi connectivity index (χ3v) is 4.08. The molecular formula is C19H21N3O3. The lowest BCUT2D eigenvalue weighted by Crippen LogP contribution is -2.45. The van der Waals surface area contributed by atoms with E-state index in [0.29, 0.717) is 18.8 Å². The maximum atomic E-state index is 12.5. The highest BCUT2D eigenvalue weighted by molar-refractivity contribution is 6.00. The second-order valence-electron chi connectivity index (χ2n) is 6.07. The molecule has 6 heteroatoms. The fourth-order valence-corrected chi connectivity index (χ4v) is 2.74. The average Bonchev–Trinajstić information content (AvgIpc) is 2.62. The van der Waals surface area contributed by atoms with Gasteiger partial charge in [-0.15, -0.1) is 0 Å². The smallest absolute Gasteiger partial charge is 0.267 e. The summed E-state index contributed by atoms with van der Waals surface area (Å²) >= 11 is 0. The number of amides is 2. The van der Waals surface area contributed by atoms with Crippen molar-refractivity contribution in [2.75, 3.05) is 11.4 Å². The Morgan fingerprint density at radius 3 is 2.92 bits per heavy atom. The first-order valence-electron chi connectivity index (χ1n) is 8.30. The Balaban J connectivity index is 1.63. The minimum absolute atomic E-state index is 0.119. The van der Waals surface area contributed by atoms with Crippen molar-refractivity contribution in [3.05, 3.63) is 53.9 Å². The zero-order valence-corrected chi connectivity index (χ0v) is 14.4. The van der Waals surface area contributed by atoms with Gasteiger partial charge in [-0.05, 0) is 43.7 Å². The van der Waals surface area contributed by atoms with Crippen LogP contribution < -0.4 is 15.0 Å². The molecule has 1 aromatic heterocycles. The van der Waals surface area contributed by atoms with Gasteiger partial charge in [-0.3, -0.25) is 14.6 Å². The molecule has 0 saturated heterocycles. The molecule has 0 saturated carbocycles. The number of pyridine rings is 1. The lowest BCUT2D eigenvalue weighted by molar-refractivity contribution is -0.125. The first-order chi connectivity index (χ1) is 12.0. The fraction of sp³-hybridized carbons (Fsp3) is 0.316. The third kappa shape index (κ3) is 3.96. The lowest BCUT2D eigenvalue weighted by atomic mass is 10.1. The van der Waals surface area contributed by atoms with Gasteiger partial charge < -0.3 is 15.0 Å². The average molecular weight is 339 g/mol. The van der Waals surface area contributed by atoms with Gasteiger partial charge in [0.1, 0.15) is 5.75 Å². The highest BCUT2D eigenvalue weighted by Gasteiger charge is 2.31. The van der Waals surface area contributed by atoms with E-state index in [0.717, 1.165) is 16.9 Å². The molecule has 3 rings (SSSR count).